The van der Waals surface area contributed by atoms with Crippen LogP contribution in [0.15, 0.2) is 48.5 Å². The molecule has 0 radical (unpaired) electrons. The monoisotopic (exact) mass is 704 g/mol. The number of nitrogens with zero attached hydrogens (tertiary/aromatic N) is 1. The second kappa shape index (κ2) is 13.8. The summed E-state index contributed by atoms with van der Waals surface area (Å²) in [6, 6.07) is 13.4. The van der Waals surface area contributed by atoms with Crippen molar-refractivity contribution in [3.8, 4) is 5.75 Å². The fourth-order valence-electron chi connectivity index (χ4n) is 10.1. The van der Waals surface area contributed by atoms with Gasteiger partial charge in [-0.1, -0.05) is 12.1 Å². The number of carbonyl (C=O) groups excluding carboxylic acids is 3. The Kier molecular flexibility index (Phi) is 9.31. The Balaban J connectivity index is 0.845. The molecule has 2 heterocycles. The molecule has 2 aliphatic heterocycles. The summed E-state index contributed by atoms with van der Waals surface area (Å²) in [5.74, 6) is -0.774. The molecule has 274 valence electrons. The quantitative estimate of drug-likeness (QED) is 0.236. The largest absolute Gasteiger partial charge is 0.415 e. The minimum absolute atomic E-state index is 0.00449. The van der Waals surface area contributed by atoms with Gasteiger partial charge in [0.15, 0.2) is 0 Å². The topological polar surface area (TPSA) is 141 Å². The van der Waals surface area contributed by atoms with Crippen LogP contribution in [0.4, 0.5) is 9.18 Å². The van der Waals surface area contributed by atoms with Gasteiger partial charge in [-0.25, -0.2) is 9.18 Å². The first-order chi connectivity index (χ1) is 24.6. The second-order valence-electron chi connectivity index (χ2n) is 16.0. The van der Waals surface area contributed by atoms with Gasteiger partial charge in [-0.2, -0.15) is 9.78 Å². The Labute approximate surface area is 298 Å². The third kappa shape index (κ3) is 7.00. The Bertz CT molecular complexity index is 1600. The van der Waals surface area contributed by atoms with E-state index < -0.39 is 11.6 Å². The van der Waals surface area contributed by atoms with E-state index in [4.69, 9.17) is 25.0 Å². The van der Waals surface area contributed by atoms with Crippen LogP contribution in [0.5, 0.6) is 5.75 Å². The zero-order chi connectivity index (χ0) is 35.2. The average Bonchev–Trinajstić information content (AvgIpc) is 3.48. The van der Waals surface area contributed by atoms with Crippen molar-refractivity contribution in [2.75, 3.05) is 19.6 Å². The Morgan fingerprint density at radius 3 is 2.37 bits per heavy atom. The maximum atomic E-state index is 13.2. The number of halogens is 1. The van der Waals surface area contributed by atoms with Gasteiger partial charge in [0.05, 0.1) is 0 Å². The standard InChI is InChI=1S/C39H49FN4O7/c40-31-9-5-27(6-10-31)35(46)42-16-2-4-34(45)43-37-21-25-19-29(23-37)39(30(20-25)24-37)49-38(50-51-39)15-1-3-28(22-38)26-7-11-33(12-8-26)48-36(47)44-17-13-32(41)14-18-44/h5-12,25,28-30,32H,1-4,13-24,41H2,(H,42,46)(H,43,45)/t25?,28-,29?,30?,37?,38-,39?/m1/s1. The van der Waals surface area contributed by atoms with Gasteiger partial charge in [-0.05, 0) is 118 Å². The normalized spacial score (nSPS) is 34.2. The van der Waals surface area contributed by atoms with Gasteiger partial charge in [0, 0.05) is 67.9 Å². The Morgan fingerprint density at radius 2 is 1.65 bits per heavy atom. The van der Waals surface area contributed by atoms with Crippen LogP contribution in [0, 0.1) is 23.6 Å². The molecule has 2 aromatic rings. The number of nitrogens with one attached hydrogen (secondary N) is 2. The van der Waals surface area contributed by atoms with Crippen molar-refractivity contribution in [2.24, 2.45) is 23.5 Å². The van der Waals surface area contributed by atoms with Gasteiger partial charge in [0.1, 0.15) is 11.6 Å². The highest BCUT2D eigenvalue weighted by atomic mass is 19.1. The first-order valence-corrected chi connectivity index (χ1v) is 18.9. The molecule has 5 aliphatic carbocycles. The maximum Gasteiger partial charge on any atom is 0.415 e. The number of carbonyl (C=O) groups is 3. The molecule has 4 bridgehead atoms. The minimum Gasteiger partial charge on any atom is -0.410 e. The van der Waals surface area contributed by atoms with Crippen molar-refractivity contribution in [1.29, 1.82) is 0 Å². The van der Waals surface area contributed by atoms with Gasteiger partial charge in [0.2, 0.25) is 17.5 Å². The average molecular weight is 705 g/mol. The summed E-state index contributed by atoms with van der Waals surface area (Å²) < 4.78 is 25.9. The Hall–Kier alpha value is -3.58. The molecule has 9 rings (SSSR count). The van der Waals surface area contributed by atoms with Crippen molar-refractivity contribution in [1.82, 2.24) is 15.5 Å². The van der Waals surface area contributed by atoms with E-state index in [1.165, 1.54) is 24.3 Å². The maximum absolute atomic E-state index is 13.2. The lowest BCUT2D eigenvalue weighted by atomic mass is 9.50. The molecule has 7 fully saturated rings. The molecule has 51 heavy (non-hydrogen) atoms. The smallest absolute Gasteiger partial charge is 0.410 e. The molecule has 2 unspecified atom stereocenters. The molecule has 11 nitrogen and oxygen atoms in total. The van der Waals surface area contributed by atoms with Gasteiger partial charge < -0.3 is 30.7 Å². The molecule has 7 aliphatic rings. The molecule has 2 aromatic carbocycles. The highest BCUT2D eigenvalue weighted by Crippen LogP contribution is 2.65. The first kappa shape index (κ1) is 34.5. The van der Waals surface area contributed by atoms with Gasteiger partial charge >= 0.3 is 6.09 Å². The van der Waals surface area contributed by atoms with E-state index in [0.29, 0.717) is 56.1 Å². The summed E-state index contributed by atoms with van der Waals surface area (Å²) >= 11 is 0. The summed E-state index contributed by atoms with van der Waals surface area (Å²) in [6.45, 7) is 1.60. The van der Waals surface area contributed by atoms with E-state index in [0.717, 1.165) is 69.8 Å². The van der Waals surface area contributed by atoms with E-state index >= 15 is 0 Å². The third-order valence-corrected chi connectivity index (χ3v) is 12.4. The number of hydrogen-bond acceptors (Lipinski definition) is 8. The zero-order valence-electron chi connectivity index (χ0n) is 29.1. The Morgan fingerprint density at radius 1 is 0.922 bits per heavy atom. The summed E-state index contributed by atoms with van der Waals surface area (Å²) in [5, 5.41) is 6.23. The molecule has 2 spiro atoms. The van der Waals surface area contributed by atoms with Crippen LogP contribution < -0.4 is 21.1 Å². The van der Waals surface area contributed by atoms with Crippen LogP contribution in [0.3, 0.4) is 0 Å². The van der Waals surface area contributed by atoms with Crippen LogP contribution in [0.25, 0.3) is 0 Å². The highest BCUT2D eigenvalue weighted by molar-refractivity contribution is 5.94. The van der Waals surface area contributed by atoms with Crippen LogP contribution in [-0.4, -0.2) is 65.6 Å². The second-order valence-corrected chi connectivity index (χ2v) is 16.0. The lowest BCUT2D eigenvalue weighted by molar-refractivity contribution is -0.391. The predicted molar refractivity (Wildman–Crippen MR) is 184 cm³/mol. The van der Waals surface area contributed by atoms with Crippen molar-refractivity contribution in [3.63, 3.8) is 0 Å². The van der Waals surface area contributed by atoms with Crippen LogP contribution >= 0.6 is 0 Å². The molecule has 5 saturated carbocycles. The lowest BCUT2D eigenvalue weighted by Crippen LogP contribution is -2.69. The first-order valence-electron chi connectivity index (χ1n) is 18.9. The van der Waals surface area contributed by atoms with E-state index in [2.05, 4.69) is 10.6 Å². The van der Waals surface area contributed by atoms with Crippen molar-refractivity contribution in [3.05, 3.63) is 65.5 Å². The number of likely N-dealkylation sites (tertiary alicyclic amines) is 1. The molecule has 4 N–H and O–H groups in total. The number of ether oxygens (including phenoxy) is 2. The number of piperidine rings is 1. The van der Waals surface area contributed by atoms with Crippen LogP contribution in [0.2, 0.25) is 0 Å². The number of nitrogens with two attached hydrogens (primary N) is 1. The number of rotatable bonds is 8. The molecule has 0 aromatic heterocycles. The van der Waals surface area contributed by atoms with Gasteiger partial charge in [0.25, 0.3) is 5.91 Å². The number of amides is 3. The number of hydrogen-bond donors (Lipinski definition) is 3. The van der Waals surface area contributed by atoms with Crippen LogP contribution in [-0.2, 0) is 19.3 Å². The molecule has 3 amide bonds. The third-order valence-electron chi connectivity index (χ3n) is 12.4. The molecular weight excluding hydrogens is 655 g/mol. The molecular formula is C39H49FN4O7. The molecule has 2 saturated heterocycles. The fourth-order valence-corrected chi connectivity index (χ4v) is 10.1. The lowest BCUT2D eigenvalue weighted by Gasteiger charge is -2.62. The summed E-state index contributed by atoms with van der Waals surface area (Å²) in [4.78, 5) is 52.5. The van der Waals surface area contributed by atoms with E-state index in [-0.39, 0.29) is 53.1 Å². The van der Waals surface area contributed by atoms with Gasteiger partial charge in [-0.15, -0.1) is 0 Å². The SMILES string of the molecule is NC1CCN(C(=O)Oc2ccc([C@@H]3CCC[C@]4(C3)OOC3(O4)C4CC5CC3CC(NC(=O)CCCNC(=O)c3ccc(F)cc3)(C5)C4)cc2)CC1. The van der Waals surface area contributed by atoms with Crippen molar-refractivity contribution >= 4 is 17.9 Å². The fraction of sp³-hybridized carbons (Fsp3) is 0.615. The summed E-state index contributed by atoms with van der Waals surface area (Å²) in [7, 11) is 0. The van der Waals surface area contributed by atoms with E-state index in [9.17, 15) is 18.8 Å². The summed E-state index contributed by atoms with van der Waals surface area (Å²) in [6.07, 6.45) is 10.0. The highest BCUT2D eigenvalue weighted by Gasteiger charge is 2.70. The van der Waals surface area contributed by atoms with Gasteiger partial charge in [-0.3, -0.25) is 9.59 Å². The molecule has 12 heteroatoms. The van der Waals surface area contributed by atoms with Crippen LogP contribution in [0.1, 0.15) is 105 Å². The van der Waals surface area contributed by atoms with Crippen molar-refractivity contribution < 1.29 is 38.0 Å². The van der Waals surface area contributed by atoms with E-state index in [1.54, 1.807) is 4.90 Å². The number of benzene rings is 2. The van der Waals surface area contributed by atoms with E-state index in [1.807, 2.05) is 24.3 Å². The van der Waals surface area contributed by atoms with Crippen molar-refractivity contribution in [2.45, 2.75) is 113 Å². The minimum atomic E-state index is -0.812. The predicted octanol–water partition coefficient (Wildman–Crippen LogP) is 5.68. The summed E-state index contributed by atoms with van der Waals surface area (Å²) in [5.41, 5.74) is 7.25. The molecule has 4 atom stereocenters. The zero-order valence-corrected chi connectivity index (χ0v) is 29.1.